The summed E-state index contributed by atoms with van der Waals surface area (Å²) in [6.45, 7) is -1.19. The summed E-state index contributed by atoms with van der Waals surface area (Å²) in [7, 11) is 0. The number of rotatable bonds is 2. The van der Waals surface area contributed by atoms with E-state index in [0.29, 0.717) is 6.92 Å². The van der Waals surface area contributed by atoms with Gasteiger partial charge < -0.3 is 4.79 Å². The topological polar surface area (TPSA) is 17.1 Å². The molecular formula is C5H6F4O. The SMILES string of the molecule is CC(C=O)(CF)C(F)(F)F. The van der Waals surface area contributed by atoms with Crippen LogP contribution in [0, 0.1) is 5.41 Å². The van der Waals surface area contributed by atoms with E-state index in [1.807, 2.05) is 0 Å². The van der Waals surface area contributed by atoms with Crippen LogP contribution in [0.25, 0.3) is 0 Å². The minimum atomic E-state index is -4.79. The van der Waals surface area contributed by atoms with E-state index in [2.05, 4.69) is 0 Å². The lowest BCUT2D eigenvalue weighted by Crippen LogP contribution is -2.38. The first kappa shape index (κ1) is 9.39. The molecule has 1 nitrogen and oxygen atoms in total. The van der Waals surface area contributed by atoms with Crippen molar-refractivity contribution >= 4 is 6.29 Å². The number of hydrogen-bond donors (Lipinski definition) is 0. The Bertz CT molecular complexity index is 130. The molecule has 0 aromatic carbocycles. The Hall–Kier alpha value is -0.610. The third-order valence-corrected chi connectivity index (χ3v) is 1.19. The van der Waals surface area contributed by atoms with Gasteiger partial charge in [-0.15, -0.1) is 0 Å². The molecule has 0 saturated carbocycles. The van der Waals surface area contributed by atoms with Crippen molar-refractivity contribution in [3.8, 4) is 0 Å². The van der Waals surface area contributed by atoms with Crippen LogP contribution in [0.3, 0.4) is 0 Å². The second-order valence-electron chi connectivity index (χ2n) is 2.17. The Morgan fingerprint density at radius 3 is 1.80 bits per heavy atom. The summed E-state index contributed by atoms with van der Waals surface area (Å²) in [4.78, 5) is 9.74. The quantitative estimate of drug-likeness (QED) is 0.441. The smallest absolute Gasteiger partial charge is 0.302 e. The van der Waals surface area contributed by atoms with Crippen LogP contribution < -0.4 is 0 Å². The zero-order chi connectivity index (χ0) is 8.41. The fourth-order valence-corrected chi connectivity index (χ4v) is 0.174. The average Bonchev–Trinajstić information content (AvgIpc) is 1.84. The number of hydrogen-bond acceptors (Lipinski definition) is 1. The van der Waals surface area contributed by atoms with Crippen LogP contribution in [-0.2, 0) is 4.79 Å². The van der Waals surface area contributed by atoms with E-state index in [1.165, 1.54) is 0 Å². The molecule has 0 aromatic rings. The van der Waals surface area contributed by atoms with Crippen molar-refractivity contribution in [3.63, 3.8) is 0 Å². The summed E-state index contributed by atoms with van der Waals surface area (Å²) in [5.41, 5.74) is -2.83. The average molecular weight is 158 g/mol. The van der Waals surface area contributed by atoms with Crippen molar-refractivity contribution in [1.82, 2.24) is 0 Å². The van der Waals surface area contributed by atoms with Gasteiger partial charge in [-0.05, 0) is 6.92 Å². The molecule has 0 heterocycles. The van der Waals surface area contributed by atoms with Gasteiger partial charge in [0.05, 0.1) is 0 Å². The first-order valence-electron chi connectivity index (χ1n) is 2.46. The molecule has 10 heavy (non-hydrogen) atoms. The predicted molar refractivity (Wildman–Crippen MR) is 26.2 cm³/mol. The van der Waals surface area contributed by atoms with Gasteiger partial charge in [0.25, 0.3) is 0 Å². The largest absolute Gasteiger partial charge is 0.403 e. The van der Waals surface area contributed by atoms with Gasteiger partial charge in [-0.1, -0.05) is 0 Å². The lowest BCUT2D eigenvalue weighted by atomic mass is 9.94. The molecule has 0 amide bonds. The number of carbonyl (C=O) groups excluding carboxylic acids is 1. The number of carbonyl (C=O) groups is 1. The molecule has 1 atom stereocenters. The van der Waals surface area contributed by atoms with Gasteiger partial charge in [0.15, 0.2) is 0 Å². The van der Waals surface area contributed by atoms with Crippen LogP contribution >= 0.6 is 0 Å². The van der Waals surface area contributed by atoms with E-state index >= 15 is 0 Å². The van der Waals surface area contributed by atoms with Crippen LogP contribution in [-0.4, -0.2) is 19.1 Å². The number of alkyl halides is 4. The van der Waals surface area contributed by atoms with Gasteiger partial charge in [0, 0.05) is 0 Å². The molecular weight excluding hydrogens is 152 g/mol. The lowest BCUT2D eigenvalue weighted by molar-refractivity contribution is -0.212. The molecule has 0 aliphatic heterocycles. The minimum absolute atomic E-state index is 0.424. The Kier molecular flexibility index (Phi) is 2.40. The van der Waals surface area contributed by atoms with E-state index in [0.717, 1.165) is 0 Å². The van der Waals surface area contributed by atoms with Crippen molar-refractivity contribution < 1.29 is 22.4 Å². The molecule has 0 aliphatic carbocycles. The van der Waals surface area contributed by atoms with E-state index in [1.54, 1.807) is 0 Å². The Labute approximate surface area is 55.0 Å². The Morgan fingerprint density at radius 2 is 1.80 bits per heavy atom. The van der Waals surface area contributed by atoms with E-state index in [4.69, 9.17) is 0 Å². The van der Waals surface area contributed by atoms with Crippen LogP contribution in [0.5, 0.6) is 0 Å². The van der Waals surface area contributed by atoms with Crippen molar-refractivity contribution in [2.24, 2.45) is 5.41 Å². The van der Waals surface area contributed by atoms with Gasteiger partial charge in [-0.3, -0.25) is 0 Å². The highest BCUT2D eigenvalue weighted by atomic mass is 19.4. The summed E-state index contributed by atoms with van der Waals surface area (Å²) in [6, 6.07) is 0. The molecule has 0 radical (unpaired) electrons. The third kappa shape index (κ3) is 1.46. The van der Waals surface area contributed by atoms with Crippen molar-refractivity contribution in [1.29, 1.82) is 0 Å². The highest BCUT2D eigenvalue weighted by Gasteiger charge is 2.51. The fraction of sp³-hybridized carbons (Fsp3) is 0.800. The van der Waals surface area contributed by atoms with Crippen LogP contribution in [0.4, 0.5) is 17.6 Å². The summed E-state index contributed by atoms with van der Waals surface area (Å²) in [5, 5.41) is 0. The third-order valence-electron chi connectivity index (χ3n) is 1.19. The maximum Gasteiger partial charge on any atom is 0.403 e. The first-order chi connectivity index (χ1) is 4.37. The molecule has 5 heteroatoms. The van der Waals surface area contributed by atoms with Crippen LogP contribution in [0.2, 0.25) is 0 Å². The summed E-state index contributed by atoms with van der Waals surface area (Å²) in [5.74, 6) is 0. The number of halogens is 4. The molecule has 0 saturated heterocycles. The van der Waals surface area contributed by atoms with Crippen molar-refractivity contribution in [3.05, 3.63) is 0 Å². The molecule has 0 rings (SSSR count). The summed E-state index contributed by atoms with van der Waals surface area (Å²) < 4.78 is 46.5. The highest BCUT2D eigenvalue weighted by molar-refractivity contribution is 5.60. The second-order valence-corrected chi connectivity index (χ2v) is 2.17. The van der Waals surface area contributed by atoms with Gasteiger partial charge in [-0.2, -0.15) is 13.2 Å². The molecule has 1 unspecified atom stereocenters. The van der Waals surface area contributed by atoms with Gasteiger partial charge >= 0.3 is 6.18 Å². The van der Waals surface area contributed by atoms with Crippen molar-refractivity contribution in [2.45, 2.75) is 13.1 Å². The summed E-state index contributed by atoms with van der Waals surface area (Å²) in [6.07, 6.45) is -5.21. The Morgan fingerprint density at radius 1 is 1.40 bits per heavy atom. The molecule has 0 fully saturated rings. The summed E-state index contributed by atoms with van der Waals surface area (Å²) >= 11 is 0. The second kappa shape index (κ2) is 2.56. The van der Waals surface area contributed by atoms with Gasteiger partial charge in [-0.25, -0.2) is 4.39 Å². The molecule has 60 valence electrons. The zero-order valence-electron chi connectivity index (χ0n) is 5.20. The van der Waals surface area contributed by atoms with Gasteiger partial charge in [0.1, 0.15) is 18.4 Å². The van der Waals surface area contributed by atoms with Gasteiger partial charge in [0.2, 0.25) is 0 Å². The Balaban J connectivity index is 4.48. The van der Waals surface area contributed by atoms with E-state index in [9.17, 15) is 22.4 Å². The monoisotopic (exact) mass is 158 g/mol. The van der Waals surface area contributed by atoms with Crippen LogP contribution in [0.1, 0.15) is 6.92 Å². The first-order valence-corrected chi connectivity index (χ1v) is 2.46. The predicted octanol–water partition coefficient (Wildman–Crippen LogP) is 1.72. The maximum atomic E-state index is 11.6. The molecule has 0 bridgehead atoms. The van der Waals surface area contributed by atoms with E-state index in [-0.39, 0.29) is 0 Å². The molecule has 0 aliphatic rings. The van der Waals surface area contributed by atoms with Crippen LogP contribution in [0.15, 0.2) is 0 Å². The number of aldehydes is 1. The normalized spacial score (nSPS) is 18.1. The minimum Gasteiger partial charge on any atom is -0.302 e. The molecule has 0 aromatic heterocycles. The standard InChI is InChI=1S/C5H6F4O/c1-4(2-6,3-10)5(7,8)9/h3H,2H2,1H3. The zero-order valence-corrected chi connectivity index (χ0v) is 5.20. The maximum absolute atomic E-state index is 11.6. The molecule has 0 N–H and O–H groups in total. The van der Waals surface area contributed by atoms with Crippen molar-refractivity contribution in [2.75, 3.05) is 6.67 Å². The highest BCUT2D eigenvalue weighted by Crippen LogP contribution is 2.36. The lowest BCUT2D eigenvalue weighted by Gasteiger charge is -2.21. The fourth-order valence-electron chi connectivity index (χ4n) is 0.174. The van der Waals surface area contributed by atoms with E-state index < -0.39 is 24.6 Å². The molecule has 0 spiro atoms.